The lowest BCUT2D eigenvalue weighted by atomic mass is 11.0. The van der Waals surface area contributed by atoms with E-state index in [4.69, 9.17) is 0 Å². The van der Waals surface area contributed by atoms with Crippen molar-refractivity contribution in [3.8, 4) is 0 Å². The first-order chi connectivity index (χ1) is 4.86. The predicted octanol–water partition coefficient (Wildman–Crippen LogP) is 1.69. The molecule has 1 aromatic rings. The molecule has 1 heterocycles. The van der Waals surface area contributed by atoms with Crippen LogP contribution < -0.4 is 5.32 Å². The Morgan fingerprint density at radius 3 is 2.90 bits per heavy atom. The zero-order chi connectivity index (χ0) is 7.40. The number of anilines is 1. The van der Waals surface area contributed by atoms with Crippen molar-refractivity contribution in [3.63, 3.8) is 0 Å². The first-order valence-corrected chi connectivity index (χ1v) is 4.81. The van der Waals surface area contributed by atoms with Crippen molar-refractivity contribution in [2.75, 3.05) is 18.1 Å². The molecule has 0 amide bonds. The highest BCUT2D eigenvalue weighted by Gasteiger charge is 1.99. The molecule has 1 rings (SSSR count). The lowest BCUT2D eigenvalue weighted by molar-refractivity contribution is 1.01. The van der Waals surface area contributed by atoms with Crippen LogP contribution in [-0.4, -0.2) is 23.0 Å². The summed E-state index contributed by atoms with van der Waals surface area (Å²) in [5.74, 6) is 1.05. The number of thioether (sulfide) groups is 1. The second-order valence-corrected chi connectivity index (χ2v) is 4.04. The van der Waals surface area contributed by atoms with Gasteiger partial charge in [0.15, 0.2) is 4.34 Å². The Labute approximate surface area is 68.2 Å². The van der Waals surface area contributed by atoms with Gasteiger partial charge in [-0.1, -0.05) is 30.0 Å². The van der Waals surface area contributed by atoms with Gasteiger partial charge in [0.2, 0.25) is 5.13 Å². The molecule has 0 saturated heterocycles. The van der Waals surface area contributed by atoms with Gasteiger partial charge < -0.3 is 5.32 Å². The normalized spacial score (nSPS) is 9.80. The number of nitrogens with one attached hydrogen (secondary N) is 1. The van der Waals surface area contributed by atoms with E-state index in [9.17, 15) is 0 Å². The van der Waals surface area contributed by atoms with Crippen LogP contribution >= 0.6 is 23.1 Å². The molecule has 10 heavy (non-hydrogen) atoms. The van der Waals surface area contributed by atoms with Crippen molar-refractivity contribution in [1.29, 1.82) is 0 Å². The number of hydrogen-bond acceptors (Lipinski definition) is 5. The van der Waals surface area contributed by atoms with Gasteiger partial charge in [-0.3, -0.25) is 0 Å². The molecule has 1 N–H and O–H groups in total. The highest BCUT2D eigenvalue weighted by Crippen LogP contribution is 2.24. The summed E-state index contributed by atoms with van der Waals surface area (Å²) >= 11 is 3.30. The van der Waals surface area contributed by atoms with Crippen LogP contribution in [0, 0.1) is 0 Å². The molecule has 0 aliphatic rings. The number of hydrogen-bond donors (Lipinski definition) is 1. The van der Waals surface area contributed by atoms with Crippen molar-refractivity contribution < 1.29 is 0 Å². The van der Waals surface area contributed by atoms with Crippen LogP contribution in [-0.2, 0) is 0 Å². The predicted molar refractivity (Wildman–Crippen MR) is 45.9 cm³/mol. The standard InChI is InChI=1S/C5H9N3S2/c1-3-9-5-8-7-4(6-2)10-5/h3H2,1-2H3,(H,6,7). The number of nitrogens with zero attached hydrogens (tertiary/aromatic N) is 2. The van der Waals surface area contributed by atoms with E-state index in [1.54, 1.807) is 23.1 Å². The van der Waals surface area contributed by atoms with Crippen LogP contribution in [0.3, 0.4) is 0 Å². The molecular formula is C5H9N3S2. The Kier molecular flexibility index (Phi) is 2.95. The maximum atomic E-state index is 3.95. The molecule has 0 unspecified atom stereocenters. The van der Waals surface area contributed by atoms with Crippen LogP contribution in [0.2, 0.25) is 0 Å². The van der Waals surface area contributed by atoms with Crippen molar-refractivity contribution in [3.05, 3.63) is 0 Å². The number of aromatic nitrogens is 2. The van der Waals surface area contributed by atoms with Crippen LogP contribution in [0.15, 0.2) is 4.34 Å². The lowest BCUT2D eigenvalue weighted by Gasteiger charge is -1.85. The van der Waals surface area contributed by atoms with Gasteiger partial charge in [-0.2, -0.15) is 0 Å². The average molecular weight is 175 g/mol. The minimum atomic E-state index is 0.885. The molecule has 0 atom stereocenters. The van der Waals surface area contributed by atoms with E-state index in [2.05, 4.69) is 22.4 Å². The Bertz CT molecular complexity index is 199. The van der Waals surface area contributed by atoms with Gasteiger partial charge in [0.25, 0.3) is 0 Å². The molecule has 0 aliphatic heterocycles. The monoisotopic (exact) mass is 175 g/mol. The first-order valence-electron chi connectivity index (χ1n) is 3.01. The molecule has 0 saturated carbocycles. The van der Waals surface area contributed by atoms with Crippen LogP contribution in [0.25, 0.3) is 0 Å². The van der Waals surface area contributed by atoms with Gasteiger partial charge >= 0.3 is 0 Å². The molecule has 0 radical (unpaired) electrons. The molecule has 0 bridgehead atoms. The van der Waals surface area contributed by atoms with Crippen LogP contribution in [0.4, 0.5) is 5.13 Å². The molecule has 3 nitrogen and oxygen atoms in total. The van der Waals surface area contributed by atoms with E-state index in [1.165, 1.54) is 0 Å². The summed E-state index contributed by atoms with van der Waals surface area (Å²) in [7, 11) is 1.85. The third-order valence-corrected chi connectivity index (χ3v) is 2.84. The van der Waals surface area contributed by atoms with Crippen molar-refractivity contribution in [1.82, 2.24) is 10.2 Å². The highest BCUT2D eigenvalue weighted by atomic mass is 32.2. The minimum Gasteiger partial charge on any atom is -0.363 e. The molecule has 5 heteroatoms. The Morgan fingerprint density at radius 1 is 1.60 bits per heavy atom. The third-order valence-electron chi connectivity index (χ3n) is 0.888. The maximum absolute atomic E-state index is 3.95. The van der Waals surface area contributed by atoms with Crippen LogP contribution in [0.5, 0.6) is 0 Å². The Balaban J connectivity index is 2.59. The summed E-state index contributed by atoms with van der Waals surface area (Å²) in [6.07, 6.45) is 0. The van der Waals surface area contributed by atoms with Crippen LogP contribution in [0.1, 0.15) is 6.92 Å². The smallest absolute Gasteiger partial charge is 0.206 e. The molecule has 0 spiro atoms. The van der Waals surface area contributed by atoms with Crippen molar-refractivity contribution >= 4 is 28.2 Å². The second kappa shape index (κ2) is 3.78. The van der Waals surface area contributed by atoms with Gasteiger partial charge in [-0.05, 0) is 5.75 Å². The van der Waals surface area contributed by atoms with E-state index < -0.39 is 0 Å². The third kappa shape index (κ3) is 1.85. The highest BCUT2D eigenvalue weighted by molar-refractivity contribution is 8.01. The second-order valence-electron chi connectivity index (χ2n) is 1.56. The average Bonchev–Trinajstić information content (AvgIpc) is 2.37. The molecule has 1 aromatic heterocycles. The SMILES string of the molecule is CCSc1nnc(NC)s1. The summed E-state index contributed by atoms with van der Waals surface area (Å²) in [6.45, 7) is 2.10. The van der Waals surface area contributed by atoms with E-state index >= 15 is 0 Å². The van der Waals surface area contributed by atoms with E-state index in [0.29, 0.717) is 0 Å². The van der Waals surface area contributed by atoms with Gasteiger partial charge in [0, 0.05) is 7.05 Å². The molecular weight excluding hydrogens is 166 g/mol. The summed E-state index contributed by atoms with van der Waals surface area (Å²) < 4.78 is 1.03. The van der Waals surface area contributed by atoms with Gasteiger partial charge in [-0.25, -0.2) is 0 Å². The first kappa shape index (κ1) is 7.81. The fourth-order valence-corrected chi connectivity index (χ4v) is 2.09. The quantitative estimate of drug-likeness (QED) is 0.709. The summed E-state index contributed by atoms with van der Waals surface area (Å²) in [4.78, 5) is 0. The van der Waals surface area contributed by atoms with E-state index in [1.807, 2.05) is 7.05 Å². The summed E-state index contributed by atoms with van der Waals surface area (Å²) in [6, 6.07) is 0. The summed E-state index contributed by atoms with van der Waals surface area (Å²) in [5, 5.41) is 11.7. The zero-order valence-electron chi connectivity index (χ0n) is 5.92. The topological polar surface area (TPSA) is 37.8 Å². The maximum Gasteiger partial charge on any atom is 0.206 e. The van der Waals surface area contributed by atoms with E-state index in [0.717, 1.165) is 15.2 Å². The van der Waals surface area contributed by atoms with Gasteiger partial charge in [0.1, 0.15) is 0 Å². The fraction of sp³-hybridized carbons (Fsp3) is 0.600. The summed E-state index contributed by atoms with van der Waals surface area (Å²) in [5.41, 5.74) is 0. The largest absolute Gasteiger partial charge is 0.363 e. The van der Waals surface area contributed by atoms with Gasteiger partial charge in [0.05, 0.1) is 0 Å². The lowest BCUT2D eigenvalue weighted by Crippen LogP contribution is -1.84. The van der Waals surface area contributed by atoms with E-state index in [-0.39, 0.29) is 0 Å². The molecule has 0 aromatic carbocycles. The van der Waals surface area contributed by atoms with Crippen molar-refractivity contribution in [2.24, 2.45) is 0 Å². The fourth-order valence-electron chi connectivity index (χ4n) is 0.493. The molecule has 0 aliphatic carbocycles. The molecule has 0 fully saturated rings. The van der Waals surface area contributed by atoms with Gasteiger partial charge in [-0.15, -0.1) is 10.2 Å². The minimum absolute atomic E-state index is 0.885. The zero-order valence-corrected chi connectivity index (χ0v) is 7.55. The molecule has 56 valence electrons. The Hall–Kier alpha value is -0.290. The van der Waals surface area contributed by atoms with Crippen molar-refractivity contribution in [2.45, 2.75) is 11.3 Å². The number of rotatable bonds is 3. The Morgan fingerprint density at radius 2 is 2.40 bits per heavy atom.